The highest BCUT2D eigenvalue weighted by molar-refractivity contribution is 9.10. The molecule has 1 heterocycles. The van der Waals surface area contributed by atoms with Gasteiger partial charge in [-0.25, -0.2) is 13.1 Å². The summed E-state index contributed by atoms with van der Waals surface area (Å²) >= 11 is 3.35. The van der Waals surface area contributed by atoms with E-state index in [1.807, 2.05) is 24.3 Å². The van der Waals surface area contributed by atoms with E-state index >= 15 is 0 Å². The quantitative estimate of drug-likeness (QED) is 0.928. The second-order valence-corrected chi connectivity index (χ2v) is 7.45. The summed E-state index contributed by atoms with van der Waals surface area (Å²) in [6, 6.07) is 9.08. The lowest BCUT2D eigenvalue weighted by molar-refractivity contribution is 0.592. The molecule has 0 amide bonds. The fourth-order valence-electron chi connectivity index (χ4n) is 1.43. The molecule has 0 spiro atoms. The Morgan fingerprint density at radius 3 is 2.42 bits per heavy atom. The highest BCUT2D eigenvalue weighted by Gasteiger charge is 2.18. The molecular weight excluding hydrogens is 330 g/mol. The highest BCUT2D eigenvalue weighted by Crippen LogP contribution is 2.19. The number of hydrogen-bond acceptors (Lipinski definition) is 3. The molecule has 2 rings (SSSR count). The van der Waals surface area contributed by atoms with Crippen LogP contribution < -0.4 is 4.72 Å². The highest BCUT2D eigenvalue weighted by atomic mass is 79.9. The molecule has 1 aromatic heterocycles. The maximum absolute atomic E-state index is 11.9. The first-order valence-corrected chi connectivity index (χ1v) is 8.05. The molecule has 5 nitrogen and oxygen atoms in total. The number of benzene rings is 1. The average Bonchev–Trinajstić information content (AvgIpc) is 2.77. The smallest absolute Gasteiger partial charge is 0.236 e. The molecule has 0 fully saturated rings. The Hall–Kier alpha value is -1.34. The van der Waals surface area contributed by atoms with Crippen LogP contribution in [0.2, 0.25) is 0 Å². The molecule has 102 valence electrons. The Balaban J connectivity index is 2.36. The minimum absolute atomic E-state index is 0.427. The van der Waals surface area contributed by atoms with Crippen molar-refractivity contribution in [1.82, 2.24) is 9.78 Å². The third-order valence-corrected chi connectivity index (χ3v) is 4.84. The molecule has 1 N–H and O–H groups in total. The molecule has 7 heteroatoms. The first kappa shape index (κ1) is 14.1. The third kappa shape index (κ3) is 3.16. The van der Waals surface area contributed by atoms with Gasteiger partial charge in [0, 0.05) is 10.5 Å². The van der Waals surface area contributed by atoms with Crippen LogP contribution >= 0.6 is 15.9 Å². The average molecular weight is 344 g/mol. The number of nitrogens with one attached hydrogen (secondary N) is 1. The molecule has 0 atom stereocenters. The van der Waals surface area contributed by atoms with E-state index in [0.717, 1.165) is 10.2 Å². The Morgan fingerprint density at radius 1 is 1.21 bits per heavy atom. The number of sulfonamides is 1. The van der Waals surface area contributed by atoms with Crippen LogP contribution in [-0.4, -0.2) is 23.4 Å². The standard InChI is InChI=1S/C12H14BrN3O2S/c1-9(2)19(17,18)15-12-7-8-14-16(12)11-5-3-10(13)4-6-11/h3-9,15H,1-2H3. The Bertz CT molecular complexity index is 663. The molecule has 0 aliphatic rings. The van der Waals surface area contributed by atoms with Crippen molar-refractivity contribution in [2.24, 2.45) is 0 Å². The second kappa shape index (κ2) is 5.34. The maximum Gasteiger partial charge on any atom is 0.236 e. The number of rotatable bonds is 4. The van der Waals surface area contributed by atoms with Crippen LogP contribution in [0.25, 0.3) is 5.69 Å². The second-order valence-electron chi connectivity index (χ2n) is 4.30. The van der Waals surface area contributed by atoms with E-state index in [0.29, 0.717) is 5.82 Å². The summed E-state index contributed by atoms with van der Waals surface area (Å²) in [5, 5.41) is 3.63. The van der Waals surface area contributed by atoms with E-state index in [2.05, 4.69) is 25.8 Å². The van der Waals surface area contributed by atoms with E-state index in [1.165, 1.54) is 0 Å². The maximum atomic E-state index is 11.9. The lowest BCUT2D eigenvalue weighted by atomic mass is 10.3. The summed E-state index contributed by atoms with van der Waals surface area (Å²) in [5.41, 5.74) is 0.787. The van der Waals surface area contributed by atoms with Crippen molar-refractivity contribution in [2.75, 3.05) is 4.72 Å². The van der Waals surface area contributed by atoms with Crippen LogP contribution in [-0.2, 0) is 10.0 Å². The predicted octanol–water partition coefficient (Wildman–Crippen LogP) is 2.78. The molecule has 0 saturated carbocycles. The lowest BCUT2D eigenvalue weighted by Gasteiger charge is -2.12. The van der Waals surface area contributed by atoms with Crippen LogP contribution in [0.5, 0.6) is 0 Å². The van der Waals surface area contributed by atoms with Crippen LogP contribution in [0.15, 0.2) is 41.0 Å². The normalized spacial score (nSPS) is 11.8. The van der Waals surface area contributed by atoms with Crippen molar-refractivity contribution >= 4 is 31.8 Å². The first-order valence-electron chi connectivity index (χ1n) is 5.72. The fraction of sp³-hybridized carbons (Fsp3) is 0.250. The Kier molecular flexibility index (Phi) is 3.96. The topological polar surface area (TPSA) is 64.0 Å². The minimum Gasteiger partial charge on any atom is -0.267 e. The van der Waals surface area contributed by atoms with Gasteiger partial charge in [-0.2, -0.15) is 5.10 Å². The zero-order valence-electron chi connectivity index (χ0n) is 10.5. The lowest BCUT2D eigenvalue weighted by Crippen LogP contribution is -2.23. The fourth-order valence-corrected chi connectivity index (χ4v) is 2.38. The molecule has 2 aromatic rings. The zero-order chi connectivity index (χ0) is 14.0. The largest absolute Gasteiger partial charge is 0.267 e. The molecular formula is C12H14BrN3O2S. The summed E-state index contributed by atoms with van der Waals surface area (Å²) in [4.78, 5) is 0. The number of aromatic nitrogens is 2. The molecule has 0 aliphatic carbocycles. The van der Waals surface area contributed by atoms with Gasteiger partial charge < -0.3 is 0 Å². The molecule has 19 heavy (non-hydrogen) atoms. The van der Waals surface area contributed by atoms with Crippen molar-refractivity contribution in [3.05, 3.63) is 41.0 Å². The summed E-state index contributed by atoms with van der Waals surface area (Å²) < 4.78 is 28.8. The predicted molar refractivity (Wildman–Crippen MR) is 78.9 cm³/mol. The van der Waals surface area contributed by atoms with Crippen LogP contribution in [0.3, 0.4) is 0 Å². The summed E-state index contributed by atoms with van der Waals surface area (Å²) in [6.07, 6.45) is 1.56. The summed E-state index contributed by atoms with van der Waals surface area (Å²) in [5.74, 6) is 0.427. The first-order chi connectivity index (χ1) is 8.90. The van der Waals surface area contributed by atoms with Gasteiger partial charge in [-0.15, -0.1) is 0 Å². The van der Waals surface area contributed by atoms with E-state index in [9.17, 15) is 8.42 Å². The third-order valence-electron chi connectivity index (χ3n) is 2.58. The summed E-state index contributed by atoms with van der Waals surface area (Å²) in [7, 11) is -3.38. The van der Waals surface area contributed by atoms with Crippen molar-refractivity contribution in [3.63, 3.8) is 0 Å². The zero-order valence-corrected chi connectivity index (χ0v) is 12.9. The van der Waals surface area contributed by atoms with E-state index in [4.69, 9.17) is 0 Å². The van der Waals surface area contributed by atoms with Crippen molar-refractivity contribution in [3.8, 4) is 5.69 Å². The number of halogens is 1. The van der Waals surface area contributed by atoms with Gasteiger partial charge in [0.25, 0.3) is 0 Å². The molecule has 0 unspecified atom stereocenters. The van der Waals surface area contributed by atoms with Gasteiger partial charge in [0.2, 0.25) is 10.0 Å². The van der Waals surface area contributed by atoms with Gasteiger partial charge in [-0.3, -0.25) is 4.72 Å². The van der Waals surface area contributed by atoms with E-state index in [1.54, 1.807) is 30.8 Å². The van der Waals surface area contributed by atoms with Crippen molar-refractivity contribution < 1.29 is 8.42 Å². The van der Waals surface area contributed by atoms with Crippen LogP contribution in [0.4, 0.5) is 5.82 Å². The van der Waals surface area contributed by atoms with Crippen LogP contribution in [0.1, 0.15) is 13.8 Å². The SMILES string of the molecule is CC(C)S(=O)(=O)Nc1ccnn1-c1ccc(Br)cc1. The minimum atomic E-state index is -3.38. The molecule has 0 aliphatic heterocycles. The van der Waals surface area contributed by atoms with Gasteiger partial charge in [0.05, 0.1) is 17.1 Å². The van der Waals surface area contributed by atoms with Crippen LogP contribution in [0, 0.1) is 0 Å². The Morgan fingerprint density at radius 2 is 1.84 bits per heavy atom. The van der Waals surface area contributed by atoms with Gasteiger partial charge in [0.15, 0.2) is 0 Å². The molecule has 0 bridgehead atoms. The monoisotopic (exact) mass is 343 g/mol. The number of hydrogen-bond donors (Lipinski definition) is 1. The summed E-state index contributed by atoms with van der Waals surface area (Å²) in [6.45, 7) is 3.26. The van der Waals surface area contributed by atoms with Gasteiger partial charge in [-0.05, 0) is 38.1 Å². The number of anilines is 1. The molecule has 0 radical (unpaired) electrons. The van der Waals surface area contributed by atoms with Crippen molar-refractivity contribution in [2.45, 2.75) is 19.1 Å². The van der Waals surface area contributed by atoms with Gasteiger partial charge in [0.1, 0.15) is 5.82 Å². The van der Waals surface area contributed by atoms with Gasteiger partial charge in [-0.1, -0.05) is 15.9 Å². The van der Waals surface area contributed by atoms with E-state index < -0.39 is 15.3 Å². The number of nitrogens with zero attached hydrogens (tertiary/aromatic N) is 2. The molecule has 0 saturated heterocycles. The Labute approximate surface area is 120 Å². The molecule has 1 aromatic carbocycles. The van der Waals surface area contributed by atoms with E-state index in [-0.39, 0.29) is 0 Å². The van der Waals surface area contributed by atoms with Gasteiger partial charge >= 0.3 is 0 Å². The van der Waals surface area contributed by atoms with Crippen molar-refractivity contribution in [1.29, 1.82) is 0 Å².